The number of fused-ring (bicyclic) bond motifs is 1. The molecule has 3 heterocycles. The number of thiazole rings is 1. The van der Waals surface area contributed by atoms with Gasteiger partial charge in [-0.25, -0.2) is 9.37 Å². The molecule has 3 aromatic heterocycles. The first-order valence-electron chi connectivity index (χ1n) is 5.92. The largest absolute Gasteiger partial charge is 0.481 e. The van der Waals surface area contributed by atoms with Gasteiger partial charge in [0, 0.05) is 17.3 Å². The van der Waals surface area contributed by atoms with Crippen LogP contribution >= 0.6 is 11.3 Å². The van der Waals surface area contributed by atoms with Gasteiger partial charge in [0.25, 0.3) is 0 Å². The zero-order valence-electron chi connectivity index (χ0n) is 10.3. The Morgan fingerprint density at radius 1 is 1.40 bits per heavy atom. The number of imidazole rings is 1. The van der Waals surface area contributed by atoms with Gasteiger partial charge in [0.05, 0.1) is 18.3 Å². The highest BCUT2D eigenvalue weighted by Gasteiger charge is 2.11. The average molecular weight is 291 g/mol. The number of carboxylic acids is 1. The molecule has 0 unspecified atom stereocenters. The maximum atomic E-state index is 12.8. The van der Waals surface area contributed by atoms with Gasteiger partial charge in [0.1, 0.15) is 11.5 Å². The monoisotopic (exact) mass is 291 g/mol. The molecule has 0 atom stereocenters. The highest BCUT2D eigenvalue weighted by Crippen LogP contribution is 2.23. The molecular formula is C13H10FN3O2S. The maximum absolute atomic E-state index is 12.8. The van der Waals surface area contributed by atoms with Crippen molar-refractivity contribution in [2.45, 2.75) is 12.8 Å². The SMILES string of the molecule is O=C(O)CCc1csc2nc(-c3ccc(F)cn3)cn12. The van der Waals surface area contributed by atoms with Crippen molar-refractivity contribution in [3.8, 4) is 11.4 Å². The van der Waals surface area contributed by atoms with Gasteiger partial charge < -0.3 is 5.11 Å². The third-order valence-corrected chi connectivity index (χ3v) is 3.76. The lowest BCUT2D eigenvalue weighted by Crippen LogP contribution is -1.99. The Bertz CT molecular complexity index is 764. The fourth-order valence-electron chi connectivity index (χ4n) is 1.89. The fraction of sp³-hybridized carbons (Fsp3) is 0.154. The number of rotatable bonds is 4. The second-order valence-electron chi connectivity index (χ2n) is 4.26. The van der Waals surface area contributed by atoms with E-state index in [-0.39, 0.29) is 6.42 Å². The Morgan fingerprint density at radius 3 is 2.95 bits per heavy atom. The van der Waals surface area contributed by atoms with Gasteiger partial charge in [-0.05, 0) is 18.6 Å². The van der Waals surface area contributed by atoms with Crippen LogP contribution in [0.2, 0.25) is 0 Å². The van der Waals surface area contributed by atoms with E-state index in [1.807, 2.05) is 9.78 Å². The van der Waals surface area contributed by atoms with Gasteiger partial charge in [0.2, 0.25) is 0 Å². The summed E-state index contributed by atoms with van der Waals surface area (Å²) < 4.78 is 14.7. The summed E-state index contributed by atoms with van der Waals surface area (Å²) in [6, 6.07) is 2.90. The molecule has 0 aliphatic heterocycles. The van der Waals surface area contributed by atoms with Crippen LogP contribution in [-0.4, -0.2) is 25.4 Å². The molecule has 20 heavy (non-hydrogen) atoms. The van der Waals surface area contributed by atoms with Crippen molar-refractivity contribution >= 4 is 22.3 Å². The summed E-state index contributed by atoms with van der Waals surface area (Å²) in [6.45, 7) is 0. The van der Waals surface area contributed by atoms with Gasteiger partial charge in [-0.2, -0.15) is 0 Å². The number of hydrogen-bond acceptors (Lipinski definition) is 4. The lowest BCUT2D eigenvalue weighted by atomic mass is 10.2. The second kappa shape index (κ2) is 5.01. The van der Waals surface area contributed by atoms with Crippen LogP contribution in [-0.2, 0) is 11.2 Å². The van der Waals surface area contributed by atoms with Gasteiger partial charge in [-0.1, -0.05) is 0 Å². The topological polar surface area (TPSA) is 67.5 Å². The van der Waals surface area contributed by atoms with Crippen LogP contribution in [0.15, 0.2) is 29.9 Å². The Balaban J connectivity index is 1.94. The molecule has 0 aromatic carbocycles. The van der Waals surface area contributed by atoms with Gasteiger partial charge >= 0.3 is 5.97 Å². The number of aryl methyl sites for hydroxylation is 1. The summed E-state index contributed by atoms with van der Waals surface area (Å²) in [5.41, 5.74) is 2.13. The van der Waals surface area contributed by atoms with E-state index in [0.29, 0.717) is 17.8 Å². The molecular weight excluding hydrogens is 281 g/mol. The summed E-state index contributed by atoms with van der Waals surface area (Å²) in [5, 5.41) is 10.6. The van der Waals surface area contributed by atoms with Crippen LogP contribution in [0, 0.1) is 5.82 Å². The molecule has 0 aliphatic carbocycles. The molecule has 7 heteroatoms. The number of nitrogens with zero attached hydrogens (tertiary/aromatic N) is 3. The minimum Gasteiger partial charge on any atom is -0.481 e. The van der Waals surface area contributed by atoms with Crippen molar-refractivity contribution in [2.75, 3.05) is 0 Å². The predicted molar refractivity (Wildman–Crippen MR) is 72.2 cm³/mol. The third-order valence-electron chi connectivity index (χ3n) is 2.87. The molecule has 0 spiro atoms. The Hall–Kier alpha value is -2.28. The molecule has 0 saturated carbocycles. The molecule has 102 valence electrons. The van der Waals surface area contributed by atoms with E-state index in [4.69, 9.17) is 5.11 Å². The van der Waals surface area contributed by atoms with Crippen LogP contribution in [0.5, 0.6) is 0 Å². The zero-order valence-corrected chi connectivity index (χ0v) is 11.1. The van der Waals surface area contributed by atoms with Crippen molar-refractivity contribution < 1.29 is 14.3 Å². The third kappa shape index (κ3) is 2.39. The lowest BCUT2D eigenvalue weighted by molar-refractivity contribution is -0.136. The number of pyridine rings is 1. The minimum absolute atomic E-state index is 0.0775. The number of carbonyl (C=O) groups is 1. The van der Waals surface area contributed by atoms with Crippen LogP contribution in [0.25, 0.3) is 16.3 Å². The van der Waals surface area contributed by atoms with Gasteiger partial charge in [0.15, 0.2) is 4.96 Å². The van der Waals surface area contributed by atoms with E-state index in [1.54, 1.807) is 12.3 Å². The van der Waals surface area contributed by atoms with Crippen LogP contribution in [0.4, 0.5) is 4.39 Å². The predicted octanol–water partition coefficient (Wildman–Crippen LogP) is 2.61. The number of carboxylic acid groups (broad SMARTS) is 1. The number of aliphatic carboxylic acids is 1. The zero-order chi connectivity index (χ0) is 14.1. The Kier molecular flexibility index (Phi) is 3.19. The first-order valence-corrected chi connectivity index (χ1v) is 6.80. The highest BCUT2D eigenvalue weighted by atomic mass is 32.1. The number of hydrogen-bond donors (Lipinski definition) is 1. The van der Waals surface area contributed by atoms with Crippen molar-refractivity contribution in [1.29, 1.82) is 0 Å². The van der Waals surface area contributed by atoms with E-state index in [0.717, 1.165) is 16.9 Å². The molecule has 5 nitrogen and oxygen atoms in total. The number of halogens is 1. The standard InChI is InChI=1S/C13H10FN3O2S/c14-8-1-3-10(15-5-8)11-6-17-9(2-4-12(18)19)7-20-13(17)16-11/h1,3,5-7H,2,4H2,(H,18,19). The molecule has 3 aromatic rings. The van der Waals surface area contributed by atoms with E-state index in [1.165, 1.54) is 17.4 Å². The quantitative estimate of drug-likeness (QED) is 0.802. The van der Waals surface area contributed by atoms with E-state index in [2.05, 4.69) is 9.97 Å². The van der Waals surface area contributed by atoms with Crippen molar-refractivity contribution in [1.82, 2.24) is 14.4 Å². The normalized spacial score (nSPS) is 11.1. The molecule has 0 bridgehead atoms. The van der Waals surface area contributed by atoms with E-state index in [9.17, 15) is 9.18 Å². The van der Waals surface area contributed by atoms with Crippen LogP contribution < -0.4 is 0 Å². The van der Waals surface area contributed by atoms with Crippen molar-refractivity contribution in [3.05, 3.63) is 41.4 Å². The summed E-state index contributed by atoms with van der Waals surface area (Å²) in [6.07, 6.45) is 3.47. The molecule has 0 amide bonds. The highest BCUT2D eigenvalue weighted by molar-refractivity contribution is 7.15. The summed E-state index contributed by atoms with van der Waals surface area (Å²) in [7, 11) is 0. The average Bonchev–Trinajstić information content (AvgIpc) is 2.97. The van der Waals surface area contributed by atoms with Crippen LogP contribution in [0.3, 0.4) is 0 Å². The summed E-state index contributed by atoms with van der Waals surface area (Å²) in [4.78, 5) is 19.8. The van der Waals surface area contributed by atoms with E-state index >= 15 is 0 Å². The minimum atomic E-state index is -0.829. The van der Waals surface area contributed by atoms with Crippen LogP contribution in [0.1, 0.15) is 12.1 Å². The molecule has 1 N–H and O–H groups in total. The molecule has 0 radical (unpaired) electrons. The smallest absolute Gasteiger partial charge is 0.303 e. The Morgan fingerprint density at radius 2 is 2.25 bits per heavy atom. The second-order valence-corrected chi connectivity index (χ2v) is 5.10. The first-order chi connectivity index (χ1) is 9.63. The maximum Gasteiger partial charge on any atom is 0.303 e. The van der Waals surface area contributed by atoms with Crippen molar-refractivity contribution in [2.24, 2.45) is 0 Å². The summed E-state index contributed by atoms with van der Waals surface area (Å²) >= 11 is 1.44. The van der Waals surface area contributed by atoms with Gasteiger partial charge in [-0.3, -0.25) is 14.2 Å². The fourth-order valence-corrected chi connectivity index (χ4v) is 2.80. The summed E-state index contributed by atoms with van der Waals surface area (Å²) in [5.74, 6) is -1.22. The van der Waals surface area contributed by atoms with Gasteiger partial charge in [-0.15, -0.1) is 11.3 Å². The molecule has 0 saturated heterocycles. The van der Waals surface area contributed by atoms with Crippen molar-refractivity contribution in [3.63, 3.8) is 0 Å². The molecule has 3 rings (SSSR count). The molecule has 0 fully saturated rings. The number of aromatic nitrogens is 3. The lowest BCUT2D eigenvalue weighted by Gasteiger charge is -1.96. The molecule has 0 aliphatic rings. The Labute approximate surface area is 117 Å². The van der Waals surface area contributed by atoms with E-state index < -0.39 is 11.8 Å². The first kappa shape index (κ1) is 12.7.